The molecule has 3 atom stereocenters. The number of esters is 1. The lowest BCUT2D eigenvalue weighted by Crippen LogP contribution is -2.69. The van der Waals surface area contributed by atoms with Crippen LogP contribution in [0.4, 0.5) is 18.0 Å². The molecule has 0 N–H and O–H groups in total. The van der Waals surface area contributed by atoms with Gasteiger partial charge in [-0.3, -0.25) is 4.90 Å². The summed E-state index contributed by atoms with van der Waals surface area (Å²) in [6, 6.07) is 8.67. The van der Waals surface area contributed by atoms with Gasteiger partial charge in [-0.15, -0.1) is 0 Å². The third-order valence-corrected chi connectivity index (χ3v) is 7.23. The summed E-state index contributed by atoms with van der Waals surface area (Å²) in [5.41, 5.74) is -0.887. The van der Waals surface area contributed by atoms with Crippen LogP contribution in [0.1, 0.15) is 18.4 Å². The summed E-state index contributed by atoms with van der Waals surface area (Å²) in [4.78, 5) is 26.0. The lowest BCUT2D eigenvalue weighted by Gasteiger charge is -2.46. The maximum atomic E-state index is 14.3. The van der Waals surface area contributed by atoms with Crippen LogP contribution >= 0.6 is 0 Å². The van der Waals surface area contributed by atoms with Gasteiger partial charge >= 0.3 is 18.2 Å². The minimum Gasteiger partial charge on any atom is -0.467 e. The van der Waals surface area contributed by atoms with Crippen LogP contribution in [-0.2, 0) is 20.9 Å². The Morgan fingerprint density at radius 1 is 1.19 bits per heavy atom. The van der Waals surface area contributed by atoms with Crippen LogP contribution in [0.5, 0.6) is 0 Å². The second kappa shape index (κ2) is 8.00. The fraction of sp³-hybridized carbons (Fsp3) is 0.545. The lowest BCUT2D eigenvalue weighted by molar-refractivity contribution is -0.243. The molecule has 170 valence electrons. The van der Waals surface area contributed by atoms with Gasteiger partial charge in [0.2, 0.25) is 5.54 Å². The fourth-order valence-electron chi connectivity index (χ4n) is 4.20. The van der Waals surface area contributed by atoms with Gasteiger partial charge in [0.1, 0.15) is 6.61 Å². The molecule has 1 heterocycles. The van der Waals surface area contributed by atoms with E-state index in [1.165, 1.54) is 0 Å². The Hall–Kier alpha value is -2.29. The van der Waals surface area contributed by atoms with E-state index in [-0.39, 0.29) is 19.1 Å². The van der Waals surface area contributed by atoms with Crippen LogP contribution < -0.4 is 0 Å². The van der Waals surface area contributed by atoms with Crippen LogP contribution in [0.3, 0.4) is 0 Å². The smallest absolute Gasteiger partial charge is 0.422 e. The number of amides is 1. The highest BCUT2D eigenvalue weighted by molar-refractivity contribution is 6.80. The highest BCUT2D eigenvalue weighted by Gasteiger charge is 2.75. The summed E-state index contributed by atoms with van der Waals surface area (Å²) >= 11 is 0. The Morgan fingerprint density at radius 2 is 1.84 bits per heavy atom. The summed E-state index contributed by atoms with van der Waals surface area (Å²) in [6.45, 7) is 5.95. The molecule has 1 amide bonds. The van der Waals surface area contributed by atoms with Crippen LogP contribution in [0.25, 0.3) is 0 Å². The molecule has 1 aliphatic heterocycles. The second-order valence-corrected chi connectivity index (χ2v) is 14.6. The van der Waals surface area contributed by atoms with E-state index >= 15 is 0 Å². The Bertz CT molecular complexity index is 868. The zero-order chi connectivity index (χ0) is 23.1. The van der Waals surface area contributed by atoms with Crippen molar-refractivity contribution in [2.75, 3.05) is 13.7 Å². The number of piperidine rings is 1. The van der Waals surface area contributed by atoms with Crippen molar-refractivity contribution >= 4 is 20.1 Å². The standard InChI is InChI=1S/C22H28F3NO4Si/c1-29-18(27)21(22(23,24)25)13-17-12-20(17,10-11-31(2,3)4)15-26(21)19(28)30-14-16-8-6-5-7-9-16/h5-11,17H,12-15H2,1-4H3/b11-10-/t17-,20+,21?/m1/s1. The number of ether oxygens (including phenoxy) is 2. The topological polar surface area (TPSA) is 55.8 Å². The first kappa shape index (κ1) is 23.4. The van der Waals surface area contributed by atoms with Crippen molar-refractivity contribution in [3.63, 3.8) is 0 Å². The number of benzene rings is 1. The number of likely N-dealkylation sites (tertiary alicyclic amines) is 1. The molecular formula is C22H28F3NO4Si. The quantitative estimate of drug-likeness (QED) is 0.466. The van der Waals surface area contributed by atoms with Crippen LogP contribution in [0.2, 0.25) is 19.6 Å². The van der Waals surface area contributed by atoms with E-state index in [0.29, 0.717) is 16.9 Å². The first-order chi connectivity index (χ1) is 14.3. The molecule has 1 aliphatic carbocycles. The van der Waals surface area contributed by atoms with E-state index in [1.54, 1.807) is 30.3 Å². The minimum atomic E-state index is -5.00. The molecule has 0 radical (unpaired) electrons. The molecule has 0 bridgehead atoms. The van der Waals surface area contributed by atoms with Gasteiger partial charge in [0.15, 0.2) is 0 Å². The number of nitrogens with zero attached hydrogens (tertiary/aromatic N) is 1. The number of methoxy groups -OCH3 is 1. The SMILES string of the molecule is COC(=O)C1(C(F)(F)F)C[C@H]2C[C@@]2(/C=C\[Si](C)(C)C)CN1C(=O)OCc1ccccc1. The molecule has 5 nitrogen and oxygen atoms in total. The molecule has 1 aromatic rings. The van der Waals surface area contributed by atoms with E-state index in [1.807, 2.05) is 6.08 Å². The van der Waals surface area contributed by atoms with Crippen LogP contribution in [-0.4, -0.2) is 50.4 Å². The van der Waals surface area contributed by atoms with Crippen molar-refractivity contribution in [3.8, 4) is 0 Å². The Morgan fingerprint density at radius 3 is 2.39 bits per heavy atom. The summed E-state index contributed by atoms with van der Waals surface area (Å²) < 4.78 is 52.8. The molecule has 1 aromatic carbocycles. The predicted molar refractivity (Wildman–Crippen MR) is 112 cm³/mol. The number of hydrogen-bond acceptors (Lipinski definition) is 4. The third-order valence-electron chi connectivity index (χ3n) is 6.07. The molecule has 1 saturated heterocycles. The van der Waals surface area contributed by atoms with Crippen molar-refractivity contribution in [1.29, 1.82) is 0 Å². The number of carbonyl (C=O) groups is 2. The average Bonchev–Trinajstić information content (AvgIpc) is 3.41. The summed E-state index contributed by atoms with van der Waals surface area (Å²) in [5, 5.41) is 0. The lowest BCUT2D eigenvalue weighted by atomic mass is 9.81. The average molecular weight is 456 g/mol. The number of halogens is 3. The number of hydrogen-bond donors (Lipinski definition) is 0. The third kappa shape index (κ3) is 4.51. The molecule has 1 saturated carbocycles. The van der Waals surface area contributed by atoms with E-state index in [2.05, 4.69) is 30.1 Å². The van der Waals surface area contributed by atoms with Crippen molar-refractivity contribution in [3.05, 3.63) is 47.7 Å². The maximum absolute atomic E-state index is 14.3. The van der Waals surface area contributed by atoms with E-state index in [0.717, 1.165) is 7.11 Å². The van der Waals surface area contributed by atoms with Crippen molar-refractivity contribution < 1.29 is 32.2 Å². The van der Waals surface area contributed by atoms with Gasteiger partial charge in [0, 0.05) is 12.0 Å². The number of alkyl halides is 3. The normalized spacial score (nSPS) is 28.2. The van der Waals surface area contributed by atoms with Gasteiger partial charge in [0.05, 0.1) is 15.2 Å². The second-order valence-electron chi connectivity index (χ2n) is 9.51. The molecule has 31 heavy (non-hydrogen) atoms. The van der Waals surface area contributed by atoms with E-state index < -0.39 is 43.7 Å². The van der Waals surface area contributed by atoms with Gasteiger partial charge in [-0.05, 0) is 24.3 Å². The molecule has 2 fully saturated rings. The fourth-order valence-corrected chi connectivity index (χ4v) is 5.03. The molecule has 0 spiro atoms. The first-order valence-electron chi connectivity index (χ1n) is 10.2. The Balaban J connectivity index is 1.94. The number of rotatable bonds is 5. The molecule has 2 aliphatic rings. The zero-order valence-corrected chi connectivity index (χ0v) is 19.2. The van der Waals surface area contributed by atoms with Crippen molar-refractivity contribution in [2.45, 2.75) is 50.8 Å². The van der Waals surface area contributed by atoms with Crippen LogP contribution in [0, 0.1) is 11.3 Å². The maximum Gasteiger partial charge on any atom is 0.422 e. The van der Waals surface area contributed by atoms with E-state index in [9.17, 15) is 22.8 Å². The monoisotopic (exact) mass is 455 g/mol. The summed E-state index contributed by atoms with van der Waals surface area (Å²) in [7, 11) is -0.694. The number of fused-ring (bicyclic) bond motifs is 1. The largest absolute Gasteiger partial charge is 0.467 e. The molecular weight excluding hydrogens is 427 g/mol. The van der Waals surface area contributed by atoms with Crippen molar-refractivity contribution in [1.82, 2.24) is 4.90 Å². The van der Waals surface area contributed by atoms with Gasteiger partial charge in [-0.1, -0.05) is 61.7 Å². The van der Waals surface area contributed by atoms with Gasteiger partial charge < -0.3 is 9.47 Å². The van der Waals surface area contributed by atoms with Gasteiger partial charge in [-0.25, -0.2) is 9.59 Å². The van der Waals surface area contributed by atoms with E-state index in [4.69, 9.17) is 4.74 Å². The molecule has 0 aromatic heterocycles. The zero-order valence-electron chi connectivity index (χ0n) is 18.2. The minimum absolute atomic E-state index is 0.188. The summed E-state index contributed by atoms with van der Waals surface area (Å²) in [5.74, 6) is -1.83. The number of carbonyl (C=O) groups excluding carboxylic acids is 2. The van der Waals surface area contributed by atoms with Crippen LogP contribution in [0.15, 0.2) is 42.1 Å². The molecule has 9 heteroatoms. The Labute approximate surface area is 181 Å². The van der Waals surface area contributed by atoms with Crippen molar-refractivity contribution in [2.24, 2.45) is 11.3 Å². The highest BCUT2D eigenvalue weighted by atomic mass is 28.3. The van der Waals surface area contributed by atoms with Gasteiger partial charge in [-0.2, -0.15) is 13.2 Å². The predicted octanol–water partition coefficient (Wildman–Crippen LogP) is 4.94. The molecule has 1 unspecified atom stereocenters. The summed E-state index contributed by atoms with van der Waals surface area (Å²) in [6.07, 6.45) is -4.25. The van der Waals surface area contributed by atoms with Gasteiger partial charge in [0.25, 0.3) is 0 Å². The Kier molecular flexibility index (Phi) is 6.03. The molecule has 3 rings (SSSR count). The first-order valence-corrected chi connectivity index (χ1v) is 13.8. The highest BCUT2D eigenvalue weighted by Crippen LogP contribution is 2.64.